The lowest BCUT2D eigenvalue weighted by molar-refractivity contribution is 0.450. The molecular weight excluding hydrogens is 180 g/mol. The lowest BCUT2D eigenvalue weighted by atomic mass is 10.6. The number of aryl methyl sites for hydroxylation is 1. The summed E-state index contributed by atoms with van der Waals surface area (Å²) in [6, 6.07) is 0. The van der Waals surface area contributed by atoms with Crippen molar-refractivity contribution in [2.24, 2.45) is 0 Å². The first-order chi connectivity index (χ1) is 5.43. The van der Waals surface area contributed by atoms with E-state index in [0.717, 1.165) is 0 Å². The van der Waals surface area contributed by atoms with Gasteiger partial charge in [-0.1, -0.05) is 0 Å². The summed E-state index contributed by atoms with van der Waals surface area (Å²) < 4.78 is 31.5. The Morgan fingerprint density at radius 3 is 2.58 bits per heavy atom. The molecule has 1 N–H and O–H groups in total. The van der Waals surface area contributed by atoms with E-state index in [-0.39, 0.29) is 0 Å². The second-order valence-electron chi connectivity index (χ2n) is 2.50. The molecule has 12 heavy (non-hydrogen) atoms. The molecule has 0 aliphatic rings. The van der Waals surface area contributed by atoms with E-state index >= 15 is 0 Å². The van der Waals surface area contributed by atoms with Crippen LogP contribution in [-0.2, 0) is 10.1 Å². The van der Waals surface area contributed by atoms with Crippen molar-refractivity contribution in [1.82, 2.24) is 9.55 Å². The normalized spacial score (nSPS) is 14.6. The van der Waals surface area contributed by atoms with E-state index in [2.05, 4.69) is 4.98 Å². The Morgan fingerprint density at radius 2 is 2.25 bits per heavy atom. The molecule has 0 saturated carbocycles. The molecular formula is C6H10N2O3S. The summed E-state index contributed by atoms with van der Waals surface area (Å²) in [6.45, 7) is 3.06. The highest BCUT2D eigenvalue weighted by Gasteiger charge is 2.19. The van der Waals surface area contributed by atoms with Crippen LogP contribution >= 0.6 is 0 Å². The fourth-order valence-electron chi connectivity index (χ4n) is 0.915. The Hall–Kier alpha value is -0.880. The van der Waals surface area contributed by atoms with Crippen molar-refractivity contribution in [3.05, 3.63) is 18.2 Å². The standard InChI is InChI=1S/C6H10N2O3S/c1-5-7-3-4-8(5)6(2)12(9,10)11/h3-4,6H,1-2H3,(H,9,10,11). The van der Waals surface area contributed by atoms with Crippen LogP contribution in [0.2, 0.25) is 0 Å². The first kappa shape index (κ1) is 9.21. The topological polar surface area (TPSA) is 72.2 Å². The minimum atomic E-state index is -4.03. The predicted octanol–water partition coefficient (Wildman–Crippen LogP) is 0.598. The molecule has 0 aliphatic carbocycles. The summed E-state index contributed by atoms with van der Waals surface area (Å²) in [6.07, 6.45) is 2.99. The molecule has 0 radical (unpaired) electrons. The number of hydrogen-bond donors (Lipinski definition) is 1. The zero-order valence-electron chi connectivity index (χ0n) is 6.80. The smallest absolute Gasteiger partial charge is 0.286 e. The molecule has 0 saturated heterocycles. The third kappa shape index (κ3) is 1.64. The minimum absolute atomic E-state index is 0.556. The molecule has 1 atom stereocenters. The van der Waals surface area contributed by atoms with Crippen LogP contribution in [0.15, 0.2) is 12.4 Å². The second kappa shape index (κ2) is 2.87. The third-order valence-corrected chi connectivity index (χ3v) is 2.77. The van der Waals surface area contributed by atoms with Crippen LogP contribution in [0.25, 0.3) is 0 Å². The molecule has 5 nitrogen and oxygen atoms in total. The van der Waals surface area contributed by atoms with Gasteiger partial charge in [0.15, 0.2) is 5.37 Å². The van der Waals surface area contributed by atoms with Crippen LogP contribution in [-0.4, -0.2) is 22.5 Å². The molecule has 1 heterocycles. The molecule has 0 aromatic carbocycles. The van der Waals surface area contributed by atoms with Crippen molar-refractivity contribution >= 4 is 10.1 Å². The molecule has 0 fully saturated rings. The van der Waals surface area contributed by atoms with Crippen LogP contribution in [0, 0.1) is 6.92 Å². The maximum absolute atomic E-state index is 10.7. The number of aromatic nitrogens is 2. The van der Waals surface area contributed by atoms with E-state index in [1.165, 1.54) is 23.9 Å². The van der Waals surface area contributed by atoms with E-state index in [1.807, 2.05) is 0 Å². The van der Waals surface area contributed by atoms with Crippen LogP contribution in [0.3, 0.4) is 0 Å². The van der Waals surface area contributed by atoms with Gasteiger partial charge >= 0.3 is 0 Å². The molecule has 0 aliphatic heterocycles. The summed E-state index contributed by atoms with van der Waals surface area (Å²) >= 11 is 0. The van der Waals surface area contributed by atoms with E-state index in [1.54, 1.807) is 6.92 Å². The molecule has 1 aromatic heterocycles. The molecule has 6 heteroatoms. The highest BCUT2D eigenvalue weighted by molar-refractivity contribution is 7.85. The summed E-state index contributed by atoms with van der Waals surface area (Å²) in [7, 11) is -4.03. The van der Waals surface area contributed by atoms with Crippen molar-refractivity contribution < 1.29 is 13.0 Å². The maximum atomic E-state index is 10.7. The number of rotatable bonds is 2. The van der Waals surface area contributed by atoms with Crippen molar-refractivity contribution in [1.29, 1.82) is 0 Å². The average Bonchev–Trinajstić information content (AvgIpc) is 2.31. The number of hydrogen-bond acceptors (Lipinski definition) is 3. The average molecular weight is 190 g/mol. The summed E-state index contributed by atoms with van der Waals surface area (Å²) in [5, 5.41) is -0.972. The van der Waals surface area contributed by atoms with Crippen LogP contribution in [0.4, 0.5) is 0 Å². The van der Waals surface area contributed by atoms with Gasteiger partial charge in [0.2, 0.25) is 0 Å². The number of nitrogens with zero attached hydrogens (tertiary/aromatic N) is 2. The van der Waals surface area contributed by atoms with Crippen molar-refractivity contribution in [2.75, 3.05) is 0 Å². The Kier molecular flexibility index (Phi) is 2.20. The third-order valence-electron chi connectivity index (χ3n) is 1.69. The second-order valence-corrected chi connectivity index (χ2v) is 4.21. The molecule has 1 aromatic rings. The van der Waals surface area contributed by atoms with Gasteiger partial charge in [-0.3, -0.25) is 4.55 Å². The quantitative estimate of drug-likeness (QED) is 0.693. The Labute approximate surface area is 70.8 Å². The minimum Gasteiger partial charge on any atom is -0.316 e. The monoisotopic (exact) mass is 190 g/mol. The van der Waals surface area contributed by atoms with Gasteiger partial charge in [0.05, 0.1) is 0 Å². The van der Waals surface area contributed by atoms with Crippen LogP contribution < -0.4 is 0 Å². The number of imidazole rings is 1. The fourth-order valence-corrected chi connectivity index (χ4v) is 1.43. The Balaban J connectivity index is 3.09. The molecule has 0 amide bonds. The van der Waals surface area contributed by atoms with Gasteiger partial charge in [-0.25, -0.2) is 4.98 Å². The lowest BCUT2D eigenvalue weighted by Gasteiger charge is -2.10. The highest BCUT2D eigenvalue weighted by Crippen LogP contribution is 2.13. The Bertz CT molecular complexity index is 368. The van der Waals surface area contributed by atoms with Gasteiger partial charge in [0.1, 0.15) is 5.82 Å². The van der Waals surface area contributed by atoms with Gasteiger partial charge in [-0.15, -0.1) is 0 Å². The lowest BCUT2D eigenvalue weighted by Crippen LogP contribution is -2.16. The summed E-state index contributed by atoms with van der Waals surface area (Å²) in [4.78, 5) is 3.84. The zero-order chi connectivity index (χ0) is 9.35. The van der Waals surface area contributed by atoms with E-state index < -0.39 is 15.5 Å². The van der Waals surface area contributed by atoms with E-state index in [4.69, 9.17) is 4.55 Å². The fraction of sp³-hybridized carbons (Fsp3) is 0.500. The summed E-state index contributed by atoms with van der Waals surface area (Å²) in [5.74, 6) is 0.556. The first-order valence-corrected chi connectivity index (χ1v) is 4.89. The van der Waals surface area contributed by atoms with Gasteiger partial charge in [-0.2, -0.15) is 8.42 Å². The van der Waals surface area contributed by atoms with Crippen molar-refractivity contribution in [3.63, 3.8) is 0 Å². The largest absolute Gasteiger partial charge is 0.316 e. The van der Waals surface area contributed by atoms with Gasteiger partial charge in [0, 0.05) is 12.4 Å². The molecule has 1 unspecified atom stereocenters. The zero-order valence-corrected chi connectivity index (χ0v) is 7.61. The SMILES string of the molecule is Cc1nccn1C(C)S(=O)(=O)O. The van der Waals surface area contributed by atoms with Crippen molar-refractivity contribution in [2.45, 2.75) is 19.2 Å². The van der Waals surface area contributed by atoms with E-state index in [0.29, 0.717) is 5.82 Å². The van der Waals surface area contributed by atoms with Crippen molar-refractivity contribution in [3.8, 4) is 0 Å². The molecule has 1 rings (SSSR count). The van der Waals surface area contributed by atoms with Gasteiger partial charge in [0.25, 0.3) is 10.1 Å². The highest BCUT2D eigenvalue weighted by atomic mass is 32.2. The Morgan fingerprint density at radius 1 is 1.67 bits per heavy atom. The maximum Gasteiger partial charge on any atom is 0.286 e. The molecule has 68 valence electrons. The predicted molar refractivity (Wildman–Crippen MR) is 43.2 cm³/mol. The van der Waals surface area contributed by atoms with Gasteiger partial charge in [-0.05, 0) is 13.8 Å². The first-order valence-electron chi connectivity index (χ1n) is 3.38. The molecule has 0 spiro atoms. The summed E-state index contributed by atoms with van der Waals surface area (Å²) in [5.41, 5.74) is 0. The van der Waals surface area contributed by atoms with Gasteiger partial charge < -0.3 is 4.57 Å². The van der Waals surface area contributed by atoms with E-state index in [9.17, 15) is 8.42 Å². The van der Waals surface area contributed by atoms with Crippen LogP contribution in [0.1, 0.15) is 18.1 Å². The molecule has 0 bridgehead atoms. The van der Waals surface area contributed by atoms with Crippen LogP contribution in [0.5, 0.6) is 0 Å².